The van der Waals surface area contributed by atoms with Crippen LogP contribution in [-0.2, 0) is 14.3 Å². The zero-order valence-electron chi connectivity index (χ0n) is 13.4. The van der Waals surface area contributed by atoms with Gasteiger partial charge in [-0.25, -0.2) is 9.79 Å². The second-order valence-corrected chi connectivity index (χ2v) is 6.93. The summed E-state index contributed by atoms with van der Waals surface area (Å²) in [5, 5.41) is 1.18. The number of benzene rings is 1. The van der Waals surface area contributed by atoms with E-state index in [9.17, 15) is 9.59 Å². The minimum Gasteiger partial charge on any atom is -0.463 e. The van der Waals surface area contributed by atoms with E-state index in [4.69, 9.17) is 16.3 Å². The Morgan fingerprint density at radius 3 is 3.00 bits per heavy atom. The molecule has 1 aromatic rings. The molecule has 5 nitrogen and oxygen atoms in total. The van der Waals surface area contributed by atoms with Crippen molar-refractivity contribution in [2.45, 2.75) is 26.3 Å². The minimum atomic E-state index is -0.560. The molecule has 126 valence electrons. The Bertz CT molecular complexity index is 760. The second kappa shape index (κ2) is 6.99. The summed E-state index contributed by atoms with van der Waals surface area (Å²) < 4.78 is 5.20. The normalized spacial score (nSPS) is 20.6. The van der Waals surface area contributed by atoms with Crippen LogP contribution in [0, 0.1) is 0 Å². The number of carbonyl (C=O) groups is 2. The number of halogens is 1. The van der Waals surface area contributed by atoms with Gasteiger partial charge in [-0.05, 0) is 31.5 Å². The molecular weight excluding hydrogens is 348 g/mol. The first-order chi connectivity index (χ1) is 11.5. The first-order valence-corrected chi connectivity index (χ1v) is 9.06. The Morgan fingerprint density at radius 2 is 2.29 bits per heavy atom. The number of hydrogen-bond donors (Lipinski definition) is 0. The van der Waals surface area contributed by atoms with Crippen LogP contribution in [0.5, 0.6) is 0 Å². The summed E-state index contributed by atoms with van der Waals surface area (Å²) in [6.45, 7) is 3.78. The van der Waals surface area contributed by atoms with Crippen LogP contribution in [0.4, 0.5) is 0 Å². The smallest absolute Gasteiger partial charge is 0.338 e. The average Bonchev–Trinajstić information content (AvgIpc) is 2.54. The number of ether oxygens (including phenoxy) is 1. The van der Waals surface area contributed by atoms with E-state index in [1.807, 2.05) is 12.1 Å². The standard InChI is InChI=1S/C17H17ClN2O3S/c1-3-23-16(22)14-10(2)19-17-20(13(21)7-8-24-17)15(14)11-5-4-6-12(18)9-11/h4-6,9,15H,3,7-8H2,1-2H3/t15-/m0/s1. The Kier molecular flexibility index (Phi) is 4.96. The van der Waals surface area contributed by atoms with E-state index in [1.165, 1.54) is 11.8 Å². The lowest BCUT2D eigenvalue weighted by Gasteiger charge is -2.38. The van der Waals surface area contributed by atoms with Crippen LogP contribution in [0.3, 0.4) is 0 Å². The van der Waals surface area contributed by atoms with Gasteiger partial charge in [0.15, 0.2) is 5.17 Å². The van der Waals surface area contributed by atoms with Crippen LogP contribution in [-0.4, -0.2) is 34.3 Å². The van der Waals surface area contributed by atoms with Gasteiger partial charge in [0.05, 0.1) is 23.9 Å². The number of nitrogens with zero attached hydrogens (tertiary/aromatic N) is 2. The van der Waals surface area contributed by atoms with E-state index in [2.05, 4.69) is 4.99 Å². The molecule has 2 aliphatic rings. The van der Waals surface area contributed by atoms with Crippen molar-refractivity contribution in [3.8, 4) is 0 Å². The molecule has 7 heteroatoms. The molecule has 0 aliphatic carbocycles. The lowest BCUT2D eigenvalue weighted by molar-refractivity contribution is -0.139. The summed E-state index contributed by atoms with van der Waals surface area (Å²) in [5.74, 6) is 0.191. The fourth-order valence-electron chi connectivity index (χ4n) is 2.86. The topological polar surface area (TPSA) is 59.0 Å². The number of rotatable bonds is 3. The summed E-state index contributed by atoms with van der Waals surface area (Å²) in [6, 6.07) is 6.64. The van der Waals surface area contributed by atoms with Crippen molar-refractivity contribution in [1.29, 1.82) is 0 Å². The molecule has 0 radical (unpaired) electrons. The molecule has 1 saturated heterocycles. The quantitative estimate of drug-likeness (QED) is 0.769. The Hall–Kier alpha value is -1.79. The molecule has 2 aliphatic heterocycles. The zero-order valence-corrected chi connectivity index (χ0v) is 15.0. The van der Waals surface area contributed by atoms with Gasteiger partial charge in [-0.2, -0.15) is 0 Å². The van der Waals surface area contributed by atoms with Gasteiger partial charge >= 0.3 is 5.97 Å². The number of allylic oxidation sites excluding steroid dienone is 1. The predicted molar refractivity (Wildman–Crippen MR) is 94.9 cm³/mol. The van der Waals surface area contributed by atoms with E-state index in [0.29, 0.717) is 33.6 Å². The zero-order chi connectivity index (χ0) is 17.3. The van der Waals surface area contributed by atoms with Gasteiger partial charge in [-0.1, -0.05) is 35.5 Å². The highest BCUT2D eigenvalue weighted by Crippen LogP contribution is 2.40. The first kappa shape index (κ1) is 17.0. The molecule has 0 saturated carbocycles. The summed E-state index contributed by atoms with van der Waals surface area (Å²) >= 11 is 7.65. The van der Waals surface area contributed by atoms with Crippen molar-refractivity contribution in [3.05, 3.63) is 46.1 Å². The van der Waals surface area contributed by atoms with Crippen LogP contribution < -0.4 is 0 Å². The third-order valence-electron chi connectivity index (χ3n) is 3.87. The number of amides is 1. The lowest BCUT2D eigenvalue weighted by Crippen LogP contribution is -2.45. The predicted octanol–water partition coefficient (Wildman–Crippen LogP) is 3.55. The van der Waals surface area contributed by atoms with Gasteiger partial charge in [0.25, 0.3) is 0 Å². The highest BCUT2D eigenvalue weighted by atomic mass is 35.5. The van der Waals surface area contributed by atoms with E-state index in [1.54, 1.807) is 30.9 Å². The van der Waals surface area contributed by atoms with Crippen molar-refractivity contribution < 1.29 is 14.3 Å². The van der Waals surface area contributed by atoms with Crippen LogP contribution in [0.2, 0.25) is 5.02 Å². The van der Waals surface area contributed by atoms with Crippen molar-refractivity contribution in [2.75, 3.05) is 12.4 Å². The number of hydrogen-bond acceptors (Lipinski definition) is 5. The molecule has 0 bridgehead atoms. The summed E-state index contributed by atoms with van der Waals surface area (Å²) in [6.07, 6.45) is 0.413. The summed E-state index contributed by atoms with van der Waals surface area (Å²) in [4.78, 5) is 31.1. The second-order valence-electron chi connectivity index (χ2n) is 5.43. The number of amidine groups is 1. The molecule has 0 aromatic heterocycles. The Labute approximate surface area is 149 Å². The molecule has 3 rings (SSSR count). The third-order valence-corrected chi connectivity index (χ3v) is 5.06. The number of carbonyl (C=O) groups excluding carboxylic acids is 2. The van der Waals surface area contributed by atoms with Gasteiger partial charge in [0, 0.05) is 17.2 Å². The monoisotopic (exact) mass is 364 g/mol. The molecule has 0 N–H and O–H groups in total. The third kappa shape index (κ3) is 3.08. The van der Waals surface area contributed by atoms with Crippen LogP contribution in [0.25, 0.3) is 0 Å². The van der Waals surface area contributed by atoms with Crippen LogP contribution >= 0.6 is 23.4 Å². The van der Waals surface area contributed by atoms with Gasteiger partial charge in [-0.15, -0.1) is 0 Å². The molecule has 1 fully saturated rings. The number of thioether (sulfide) groups is 1. The van der Waals surface area contributed by atoms with Crippen LogP contribution in [0.1, 0.15) is 31.9 Å². The fraction of sp³-hybridized carbons (Fsp3) is 0.353. The van der Waals surface area contributed by atoms with E-state index in [-0.39, 0.29) is 12.5 Å². The minimum absolute atomic E-state index is 0.0493. The maximum atomic E-state index is 12.6. The van der Waals surface area contributed by atoms with Crippen molar-refractivity contribution in [1.82, 2.24) is 4.90 Å². The van der Waals surface area contributed by atoms with Gasteiger partial charge < -0.3 is 4.74 Å². The van der Waals surface area contributed by atoms with Crippen molar-refractivity contribution >= 4 is 40.4 Å². The highest BCUT2D eigenvalue weighted by Gasteiger charge is 2.41. The van der Waals surface area contributed by atoms with Gasteiger partial charge in [0.2, 0.25) is 5.91 Å². The molecule has 0 unspecified atom stereocenters. The molecule has 24 heavy (non-hydrogen) atoms. The molecule has 0 spiro atoms. The molecule has 1 atom stereocenters. The highest BCUT2D eigenvalue weighted by molar-refractivity contribution is 8.14. The van der Waals surface area contributed by atoms with E-state index >= 15 is 0 Å². The fourth-order valence-corrected chi connectivity index (χ4v) is 4.06. The Morgan fingerprint density at radius 1 is 1.50 bits per heavy atom. The maximum absolute atomic E-state index is 12.6. The first-order valence-electron chi connectivity index (χ1n) is 7.69. The molecule has 1 amide bonds. The SMILES string of the molecule is CCOC(=O)C1=C(C)N=C2SCCC(=O)N2[C@H]1c1cccc(Cl)c1. The van der Waals surface area contributed by atoms with E-state index < -0.39 is 12.0 Å². The van der Waals surface area contributed by atoms with Crippen molar-refractivity contribution in [2.24, 2.45) is 4.99 Å². The largest absolute Gasteiger partial charge is 0.463 e. The summed E-state index contributed by atoms with van der Waals surface area (Å²) in [7, 11) is 0. The lowest BCUT2D eigenvalue weighted by atomic mass is 9.94. The number of fused-ring (bicyclic) bond motifs is 1. The summed E-state index contributed by atoms with van der Waals surface area (Å²) in [5.41, 5.74) is 1.73. The van der Waals surface area contributed by atoms with E-state index in [0.717, 1.165) is 5.56 Å². The van der Waals surface area contributed by atoms with Gasteiger partial charge in [0.1, 0.15) is 0 Å². The molecule has 1 aromatic carbocycles. The average molecular weight is 365 g/mol. The number of aliphatic imine (C=N–C) groups is 1. The molecule has 2 heterocycles. The number of esters is 1. The molecular formula is C17H17ClN2O3S. The Balaban J connectivity index is 2.16. The van der Waals surface area contributed by atoms with Crippen LogP contribution in [0.15, 0.2) is 40.5 Å². The maximum Gasteiger partial charge on any atom is 0.338 e. The van der Waals surface area contributed by atoms with Crippen molar-refractivity contribution in [3.63, 3.8) is 0 Å². The van der Waals surface area contributed by atoms with Gasteiger partial charge in [-0.3, -0.25) is 9.69 Å².